The number of nitrogens with two attached hydrogens (primary N) is 1. The normalized spacial score (nSPS) is 10.1. The summed E-state index contributed by atoms with van der Waals surface area (Å²) in [6.45, 7) is -0.158. The molecular weight excluding hydrogens is 334 g/mol. The zero-order valence-electron chi connectivity index (χ0n) is 13.0. The number of amides is 1. The molecule has 0 aliphatic heterocycles. The van der Waals surface area contributed by atoms with E-state index >= 15 is 0 Å². The fraction of sp³-hybridized carbons (Fsp3) is 0.176. The minimum atomic E-state index is -0.724. The molecule has 2 N–H and O–H groups in total. The number of primary amides is 1. The Labute approximate surface area is 144 Å². The van der Waals surface area contributed by atoms with Gasteiger partial charge < -0.3 is 19.9 Å². The third kappa shape index (κ3) is 4.89. The van der Waals surface area contributed by atoms with E-state index in [1.165, 1.54) is 19.2 Å². The molecule has 2 aromatic rings. The Morgan fingerprint density at radius 1 is 1.08 bits per heavy atom. The monoisotopic (exact) mass is 349 g/mol. The van der Waals surface area contributed by atoms with Gasteiger partial charge in [-0.1, -0.05) is 23.7 Å². The molecule has 0 aromatic heterocycles. The van der Waals surface area contributed by atoms with E-state index in [0.717, 1.165) is 5.56 Å². The molecule has 126 valence electrons. The van der Waals surface area contributed by atoms with Gasteiger partial charge >= 0.3 is 5.97 Å². The summed E-state index contributed by atoms with van der Waals surface area (Å²) in [6, 6.07) is 11.8. The van der Waals surface area contributed by atoms with Gasteiger partial charge in [-0.25, -0.2) is 4.79 Å². The van der Waals surface area contributed by atoms with Gasteiger partial charge in [0.25, 0.3) is 5.91 Å². The third-order valence-corrected chi connectivity index (χ3v) is 3.30. The van der Waals surface area contributed by atoms with Crippen molar-refractivity contribution in [1.29, 1.82) is 0 Å². The standard InChI is InChI=1S/C17H16ClNO5/c1-22-15-8-12(17(21)24-10-16(19)20)4-7-14(15)23-9-11-2-5-13(18)6-3-11/h2-8H,9-10H2,1H3,(H2,19,20). The van der Waals surface area contributed by atoms with Gasteiger partial charge in [0, 0.05) is 5.02 Å². The zero-order valence-corrected chi connectivity index (χ0v) is 13.7. The molecule has 0 atom stereocenters. The fourth-order valence-electron chi connectivity index (χ4n) is 1.88. The van der Waals surface area contributed by atoms with Crippen LogP contribution in [0.25, 0.3) is 0 Å². The Hall–Kier alpha value is -2.73. The molecule has 0 saturated carbocycles. The van der Waals surface area contributed by atoms with Crippen molar-refractivity contribution in [3.63, 3.8) is 0 Å². The van der Waals surface area contributed by atoms with Crippen LogP contribution in [0.2, 0.25) is 5.02 Å². The molecule has 2 aromatic carbocycles. The molecule has 0 spiro atoms. The smallest absolute Gasteiger partial charge is 0.338 e. The van der Waals surface area contributed by atoms with Crippen molar-refractivity contribution in [2.75, 3.05) is 13.7 Å². The molecule has 0 fully saturated rings. The average Bonchev–Trinajstić information content (AvgIpc) is 2.59. The lowest BCUT2D eigenvalue weighted by Crippen LogP contribution is -2.20. The summed E-state index contributed by atoms with van der Waals surface area (Å²) in [7, 11) is 1.46. The lowest BCUT2D eigenvalue weighted by Gasteiger charge is -2.12. The van der Waals surface area contributed by atoms with Gasteiger partial charge in [0.15, 0.2) is 18.1 Å². The van der Waals surface area contributed by atoms with Crippen molar-refractivity contribution in [3.05, 3.63) is 58.6 Å². The van der Waals surface area contributed by atoms with E-state index in [0.29, 0.717) is 23.1 Å². The van der Waals surface area contributed by atoms with E-state index in [4.69, 9.17) is 31.5 Å². The number of methoxy groups -OCH3 is 1. The minimum absolute atomic E-state index is 0.229. The number of ether oxygens (including phenoxy) is 3. The number of hydrogen-bond acceptors (Lipinski definition) is 5. The summed E-state index contributed by atoms with van der Waals surface area (Å²) in [4.78, 5) is 22.4. The van der Waals surface area contributed by atoms with E-state index in [1.807, 2.05) is 12.1 Å². The predicted molar refractivity (Wildman–Crippen MR) is 88.3 cm³/mol. The van der Waals surface area contributed by atoms with Crippen molar-refractivity contribution in [3.8, 4) is 11.5 Å². The SMILES string of the molecule is COc1cc(C(=O)OCC(N)=O)ccc1OCc1ccc(Cl)cc1. The quantitative estimate of drug-likeness (QED) is 0.776. The predicted octanol–water partition coefficient (Wildman–Crippen LogP) is 2.57. The van der Waals surface area contributed by atoms with Crippen molar-refractivity contribution in [1.82, 2.24) is 0 Å². The maximum Gasteiger partial charge on any atom is 0.338 e. The number of hydrogen-bond donors (Lipinski definition) is 1. The topological polar surface area (TPSA) is 87.9 Å². The van der Waals surface area contributed by atoms with Crippen molar-refractivity contribution in [2.45, 2.75) is 6.61 Å². The van der Waals surface area contributed by atoms with Crippen molar-refractivity contribution in [2.24, 2.45) is 5.73 Å². The molecule has 0 saturated heterocycles. The van der Waals surface area contributed by atoms with Crippen molar-refractivity contribution < 1.29 is 23.8 Å². The van der Waals surface area contributed by atoms with Crippen LogP contribution in [-0.2, 0) is 16.1 Å². The highest BCUT2D eigenvalue weighted by Crippen LogP contribution is 2.29. The number of carbonyl (C=O) groups is 2. The molecule has 24 heavy (non-hydrogen) atoms. The first kappa shape index (κ1) is 17.6. The lowest BCUT2D eigenvalue weighted by atomic mass is 10.2. The van der Waals surface area contributed by atoms with Gasteiger partial charge in [0.1, 0.15) is 6.61 Å². The lowest BCUT2D eigenvalue weighted by molar-refractivity contribution is -0.121. The first-order chi connectivity index (χ1) is 11.5. The van der Waals surface area contributed by atoms with E-state index in [9.17, 15) is 9.59 Å². The second-order valence-corrected chi connectivity index (χ2v) is 5.26. The van der Waals surface area contributed by atoms with Crippen LogP contribution in [0.4, 0.5) is 0 Å². The number of halogens is 1. The van der Waals surface area contributed by atoms with Crippen LogP contribution in [0.3, 0.4) is 0 Å². The summed E-state index contributed by atoms with van der Waals surface area (Å²) in [5, 5.41) is 0.648. The van der Waals surface area contributed by atoms with Gasteiger partial charge in [-0.2, -0.15) is 0 Å². The summed E-state index contributed by atoms with van der Waals surface area (Å²) in [5.41, 5.74) is 6.10. The Kier molecular flexibility index (Phi) is 6.03. The van der Waals surface area contributed by atoms with E-state index in [2.05, 4.69) is 0 Å². The maximum absolute atomic E-state index is 11.8. The van der Waals surface area contributed by atoms with Crippen LogP contribution >= 0.6 is 11.6 Å². The molecule has 0 unspecified atom stereocenters. The second-order valence-electron chi connectivity index (χ2n) is 4.82. The van der Waals surface area contributed by atoms with Gasteiger partial charge in [-0.05, 0) is 35.9 Å². The van der Waals surface area contributed by atoms with E-state index < -0.39 is 18.5 Å². The molecule has 1 amide bonds. The molecule has 0 aliphatic carbocycles. The van der Waals surface area contributed by atoms with Crippen LogP contribution in [-0.4, -0.2) is 25.6 Å². The Bertz CT molecular complexity index is 730. The molecular formula is C17H16ClNO5. The molecule has 6 nitrogen and oxygen atoms in total. The number of carbonyl (C=O) groups excluding carboxylic acids is 2. The highest BCUT2D eigenvalue weighted by atomic mass is 35.5. The van der Waals surface area contributed by atoms with Gasteiger partial charge in [0.2, 0.25) is 0 Å². The largest absolute Gasteiger partial charge is 0.493 e. The molecule has 0 radical (unpaired) electrons. The summed E-state index contributed by atoms with van der Waals surface area (Å²) in [6.07, 6.45) is 0. The van der Waals surface area contributed by atoms with Crippen LogP contribution in [0.1, 0.15) is 15.9 Å². The van der Waals surface area contributed by atoms with E-state index in [1.54, 1.807) is 18.2 Å². The van der Waals surface area contributed by atoms with Crippen LogP contribution in [0, 0.1) is 0 Å². The summed E-state index contributed by atoms with van der Waals surface area (Å²) >= 11 is 5.84. The van der Waals surface area contributed by atoms with E-state index in [-0.39, 0.29) is 5.56 Å². The highest BCUT2D eigenvalue weighted by Gasteiger charge is 2.13. The Morgan fingerprint density at radius 3 is 2.42 bits per heavy atom. The summed E-state index contributed by atoms with van der Waals surface area (Å²) in [5.74, 6) is -0.550. The van der Waals surface area contributed by atoms with Gasteiger partial charge in [0.05, 0.1) is 12.7 Å². The first-order valence-electron chi connectivity index (χ1n) is 7.00. The second kappa shape index (κ2) is 8.21. The Balaban J connectivity index is 2.06. The molecule has 0 bridgehead atoms. The Morgan fingerprint density at radius 2 is 1.79 bits per heavy atom. The van der Waals surface area contributed by atoms with Crippen LogP contribution in [0.5, 0.6) is 11.5 Å². The molecule has 2 rings (SSSR count). The van der Waals surface area contributed by atoms with Gasteiger partial charge in [-0.15, -0.1) is 0 Å². The van der Waals surface area contributed by atoms with Crippen LogP contribution in [0.15, 0.2) is 42.5 Å². The molecule has 0 aliphatic rings. The average molecular weight is 350 g/mol. The van der Waals surface area contributed by atoms with Crippen molar-refractivity contribution >= 4 is 23.5 Å². The third-order valence-electron chi connectivity index (χ3n) is 3.05. The zero-order chi connectivity index (χ0) is 17.5. The fourth-order valence-corrected chi connectivity index (χ4v) is 2.00. The van der Waals surface area contributed by atoms with Gasteiger partial charge in [-0.3, -0.25) is 4.79 Å². The number of esters is 1. The maximum atomic E-state index is 11.8. The van der Waals surface area contributed by atoms with Crippen LogP contribution < -0.4 is 15.2 Å². The minimum Gasteiger partial charge on any atom is -0.493 e. The highest BCUT2D eigenvalue weighted by molar-refractivity contribution is 6.30. The first-order valence-corrected chi connectivity index (χ1v) is 7.38. The number of benzene rings is 2. The summed E-state index contributed by atoms with van der Waals surface area (Å²) < 4.78 is 15.7. The number of rotatable bonds is 7. The molecule has 0 heterocycles. The molecule has 7 heteroatoms.